The molecule has 3 aromatic rings. The normalized spacial score (nSPS) is 21.1. The molecule has 8 nitrogen and oxygen atoms in total. The highest BCUT2D eigenvalue weighted by atomic mass is 16.5. The van der Waals surface area contributed by atoms with Crippen LogP contribution in [0.1, 0.15) is 23.1 Å². The van der Waals surface area contributed by atoms with E-state index in [2.05, 4.69) is 0 Å². The Labute approximate surface area is 202 Å². The lowest BCUT2D eigenvalue weighted by atomic mass is 9.96. The molecule has 0 unspecified atom stereocenters. The molecular weight excluding hydrogens is 444 g/mol. The molecule has 3 aliphatic heterocycles. The van der Waals surface area contributed by atoms with Crippen molar-refractivity contribution in [2.75, 3.05) is 23.5 Å². The lowest BCUT2D eigenvalue weighted by molar-refractivity contribution is -0.156. The lowest BCUT2D eigenvalue weighted by Crippen LogP contribution is -2.66. The fraction of sp³-hybridized carbons (Fsp3) is 0.222. The minimum absolute atomic E-state index is 0.0855. The van der Waals surface area contributed by atoms with Gasteiger partial charge >= 0.3 is 6.09 Å². The number of hydrogen-bond donors (Lipinski definition) is 0. The summed E-state index contributed by atoms with van der Waals surface area (Å²) < 4.78 is 5.27. The highest BCUT2D eigenvalue weighted by Gasteiger charge is 2.65. The number of nitrogens with zero attached hydrogens (tertiary/aromatic N) is 4. The second-order valence-electron chi connectivity index (χ2n) is 8.82. The van der Waals surface area contributed by atoms with Gasteiger partial charge in [0.15, 0.2) is 0 Å². The van der Waals surface area contributed by atoms with Crippen molar-refractivity contribution in [1.82, 2.24) is 10.0 Å². The van der Waals surface area contributed by atoms with E-state index in [1.54, 1.807) is 21.0 Å². The van der Waals surface area contributed by atoms with Gasteiger partial charge in [-0.25, -0.2) is 9.69 Å². The summed E-state index contributed by atoms with van der Waals surface area (Å²) in [7, 11) is 1.31. The summed E-state index contributed by atoms with van der Waals surface area (Å²) in [5, 5.41) is 3.38. The lowest BCUT2D eigenvalue weighted by Gasteiger charge is -2.45. The maximum Gasteiger partial charge on any atom is 0.416 e. The Kier molecular flexibility index (Phi) is 4.86. The van der Waals surface area contributed by atoms with E-state index in [1.165, 1.54) is 12.0 Å². The third-order valence-electron chi connectivity index (χ3n) is 7.02. The molecule has 35 heavy (non-hydrogen) atoms. The largest absolute Gasteiger partial charge is 0.452 e. The van der Waals surface area contributed by atoms with E-state index in [1.807, 2.05) is 72.8 Å². The number of methoxy groups -OCH3 is 1. The highest BCUT2D eigenvalue weighted by molar-refractivity contribution is 6.14. The van der Waals surface area contributed by atoms with E-state index in [4.69, 9.17) is 4.74 Å². The monoisotopic (exact) mass is 468 g/mol. The Hall–Kier alpha value is -4.17. The second kappa shape index (κ2) is 7.95. The summed E-state index contributed by atoms with van der Waals surface area (Å²) in [6, 6.07) is 24.6. The number of benzene rings is 3. The molecule has 176 valence electrons. The molecule has 0 radical (unpaired) electrons. The molecule has 3 amide bonds. The molecule has 0 aromatic heterocycles. The molecule has 3 aliphatic rings. The van der Waals surface area contributed by atoms with Gasteiger partial charge in [-0.15, -0.1) is 0 Å². The second-order valence-corrected chi connectivity index (χ2v) is 8.82. The maximum absolute atomic E-state index is 14.7. The fourth-order valence-electron chi connectivity index (χ4n) is 5.54. The molecule has 1 spiro atoms. The van der Waals surface area contributed by atoms with E-state index < -0.39 is 11.8 Å². The molecule has 6 rings (SSSR count). The summed E-state index contributed by atoms with van der Waals surface area (Å²) in [5.41, 5.74) is 2.02. The fourth-order valence-corrected chi connectivity index (χ4v) is 5.54. The highest BCUT2D eigenvalue weighted by Crippen LogP contribution is 2.52. The van der Waals surface area contributed by atoms with E-state index in [0.717, 1.165) is 11.1 Å². The molecular formula is C27H24N4O4. The molecule has 0 aliphatic carbocycles. The zero-order valence-corrected chi connectivity index (χ0v) is 19.3. The average molecular weight is 469 g/mol. The quantitative estimate of drug-likeness (QED) is 0.575. The minimum Gasteiger partial charge on any atom is -0.452 e. The summed E-state index contributed by atoms with van der Waals surface area (Å²) in [6.07, 6.45) is -0.407. The van der Waals surface area contributed by atoms with Crippen LogP contribution < -0.4 is 9.80 Å². The predicted molar refractivity (Wildman–Crippen MR) is 129 cm³/mol. The van der Waals surface area contributed by atoms with E-state index in [9.17, 15) is 14.4 Å². The number of hydrogen-bond acceptors (Lipinski definition) is 5. The Balaban J connectivity index is 1.64. The first-order valence-corrected chi connectivity index (χ1v) is 11.6. The standard InChI is InChI=1S/C27H24N4O4/c1-35-26(34)31-22-13-7-5-11-20(22)18-29-24(32)15-16-30(29)27(31)21-12-6-8-14-23(21)28(25(27)33)17-19-9-3-2-4-10-19/h2-14H,15-18H2,1H3/t27-/m1/s1. The summed E-state index contributed by atoms with van der Waals surface area (Å²) in [4.78, 5) is 44.4. The van der Waals surface area contributed by atoms with E-state index >= 15 is 0 Å². The van der Waals surface area contributed by atoms with Crippen molar-refractivity contribution < 1.29 is 19.1 Å². The Morgan fingerprint density at radius 2 is 1.60 bits per heavy atom. The van der Waals surface area contributed by atoms with E-state index in [0.29, 0.717) is 30.0 Å². The van der Waals surface area contributed by atoms with Crippen LogP contribution in [0.15, 0.2) is 78.9 Å². The summed E-state index contributed by atoms with van der Waals surface area (Å²) >= 11 is 0. The molecule has 0 saturated carbocycles. The third kappa shape index (κ3) is 2.93. The molecule has 3 heterocycles. The van der Waals surface area contributed by atoms with Gasteiger partial charge in [0, 0.05) is 18.5 Å². The number of carbonyl (C=O) groups excluding carboxylic acids is 3. The van der Waals surface area contributed by atoms with Crippen LogP contribution >= 0.6 is 0 Å². The smallest absolute Gasteiger partial charge is 0.416 e. The maximum atomic E-state index is 14.7. The zero-order valence-electron chi connectivity index (χ0n) is 19.3. The molecule has 8 heteroatoms. The van der Waals surface area contributed by atoms with Crippen molar-refractivity contribution in [3.63, 3.8) is 0 Å². The van der Waals surface area contributed by atoms with Gasteiger partial charge < -0.3 is 9.64 Å². The first kappa shape index (κ1) is 21.4. The van der Waals surface area contributed by atoms with Gasteiger partial charge in [-0.2, -0.15) is 5.01 Å². The number of fused-ring (bicyclic) bond motifs is 5. The van der Waals surface area contributed by atoms with Crippen LogP contribution in [0.4, 0.5) is 16.2 Å². The number of para-hydroxylation sites is 2. The van der Waals surface area contributed by atoms with E-state index in [-0.39, 0.29) is 24.8 Å². The molecule has 1 saturated heterocycles. The number of carbonyl (C=O) groups is 3. The van der Waals surface area contributed by atoms with Crippen LogP contribution in [0.2, 0.25) is 0 Å². The first-order chi connectivity index (χ1) is 17.1. The van der Waals surface area contributed by atoms with Gasteiger partial charge in [0.05, 0.1) is 31.6 Å². The van der Waals surface area contributed by atoms with Crippen molar-refractivity contribution in [3.8, 4) is 0 Å². The predicted octanol–water partition coefficient (Wildman–Crippen LogP) is 3.62. The summed E-state index contributed by atoms with van der Waals surface area (Å²) in [5.74, 6) is -0.387. The van der Waals surface area contributed by atoms with Crippen LogP contribution in [0.5, 0.6) is 0 Å². The van der Waals surface area contributed by atoms with Gasteiger partial charge in [-0.05, 0) is 23.3 Å². The average Bonchev–Trinajstić information content (AvgIpc) is 3.31. The van der Waals surface area contributed by atoms with Crippen molar-refractivity contribution in [3.05, 3.63) is 95.6 Å². The van der Waals surface area contributed by atoms with Crippen LogP contribution in [-0.4, -0.2) is 41.6 Å². The van der Waals surface area contributed by atoms with Crippen LogP contribution in [0, 0.1) is 0 Å². The van der Waals surface area contributed by atoms with Crippen molar-refractivity contribution in [2.45, 2.75) is 25.2 Å². The molecule has 1 atom stereocenters. The molecule has 0 bridgehead atoms. The van der Waals surface area contributed by atoms with Crippen LogP contribution in [-0.2, 0) is 33.1 Å². The molecule has 3 aromatic carbocycles. The molecule has 1 fully saturated rings. The molecule has 0 N–H and O–H groups in total. The number of rotatable bonds is 2. The van der Waals surface area contributed by atoms with Crippen LogP contribution in [0.3, 0.4) is 0 Å². The number of hydrazine groups is 1. The van der Waals surface area contributed by atoms with Crippen molar-refractivity contribution in [2.24, 2.45) is 0 Å². The van der Waals surface area contributed by atoms with Gasteiger partial charge in [0.2, 0.25) is 11.6 Å². The first-order valence-electron chi connectivity index (χ1n) is 11.6. The SMILES string of the molecule is COC(=O)N1c2ccccc2CN2C(=O)CCN2[C@@]12C(=O)N(Cc1ccccc1)c1ccccc12. The number of anilines is 2. The Morgan fingerprint density at radius 1 is 0.914 bits per heavy atom. The Morgan fingerprint density at radius 3 is 2.37 bits per heavy atom. The topological polar surface area (TPSA) is 73.4 Å². The summed E-state index contributed by atoms with van der Waals surface area (Å²) in [6.45, 7) is 0.898. The van der Waals surface area contributed by atoms with Gasteiger partial charge in [-0.3, -0.25) is 14.6 Å². The minimum atomic E-state index is -1.60. The van der Waals surface area contributed by atoms with Gasteiger partial charge in [-0.1, -0.05) is 66.7 Å². The zero-order chi connectivity index (χ0) is 24.2. The van der Waals surface area contributed by atoms with Crippen molar-refractivity contribution >= 4 is 29.3 Å². The number of amides is 3. The van der Waals surface area contributed by atoms with Crippen LogP contribution in [0.25, 0.3) is 0 Å². The Bertz CT molecular complexity index is 1340. The van der Waals surface area contributed by atoms with Crippen molar-refractivity contribution in [1.29, 1.82) is 0 Å². The third-order valence-corrected chi connectivity index (χ3v) is 7.02. The van der Waals surface area contributed by atoms with Gasteiger partial charge in [0.25, 0.3) is 5.91 Å². The number of ether oxygens (including phenoxy) is 1. The van der Waals surface area contributed by atoms with Gasteiger partial charge in [0.1, 0.15) is 0 Å².